The first-order chi connectivity index (χ1) is 30.3. The Morgan fingerprint density at radius 3 is 0.938 bits per heavy atom. The zero-order valence-electron chi connectivity index (χ0n) is 38.2. The number of allylic oxidation sites excluding steroid dienone is 9. The van der Waals surface area contributed by atoms with Gasteiger partial charge in [0, 0.05) is 73.1 Å². The molecule has 0 N–H and O–H groups in total. The van der Waals surface area contributed by atoms with Crippen LogP contribution >= 0.6 is 0 Å². The van der Waals surface area contributed by atoms with Crippen LogP contribution < -0.4 is 0 Å². The number of esters is 3. The van der Waals surface area contributed by atoms with Crippen LogP contribution in [-0.4, -0.2) is 91.7 Å². The van der Waals surface area contributed by atoms with Crippen molar-refractivity contribution in [3.63, 3.8) is 0 Å². The lowest BCUT2D eigenvalue weighted by Crippen LogP contribution is -2.31. The first-order valence-corrected chi connectivity index (χ1v) is 22.6. The number of hydrogen-bond donors (Lipinski definition) is 0. The van der Waals surface area contributed by atoms with Crippen LogP contribution in [0.25, 0.3) is 0 Å². The van der Waals surface area contributed by atoms with Crippen molar-refractivity contribution in [3.8, 4) is 18.2 Å². The fourth-order valence-electron chi connectivity index (χ4n) is 10.0. The first kappa shape index (κ1) is 48.0. The Kier molecular flexibility index (Phi) is 14.8. The van der Waals surface area contributed by atoms with E-state index in [0.717, 1.165) is 38.5 Å². The molecule has 3 saturated heterocycles. The molecule has 0 spiro atoms. The Morgan fingerprint density at radius 1 is 0.484 bits per heavy atom. The second-order valence-electron chi connectivity index (χ2n) is 20.5. The average Bonchev–Trinajstić information content (AvgIpc) is 4.09. The van der Waals surface area contributed by atoms with E-state index in [1.807, 2.05) is 56.2 Å². The Bertz CT molecular complexity index is 1980. The molecule has 0 bridgehead atoms. The Labute approximate surface area is 375 Å². The summed E-state index contributed by atoms with van der Waals surface area (Å²) < 4.78 is 64.9. The number of rotatable bonds is 12. The van der Waals surface area contributed by atoms with Crippen molar-refractivity contribution in [3.05, 3.63) is 68.0 Å². The summed E-state index contributed by atoms with van der Waals surface area (Å²) in [4.78, 5) is 46.5. The molecule has 0 unspecified atom stereocenters. The van der Waals surface area contributed by atoms with Gasteiger partial charge in [0.15, 0.2) is 0 Å². The fourth-order valence-corrected chi connectivity index (χ4v) is 10.0. The number of hydrogen-bond acceptors (Lipinski definition) is 12. The molecule has 3 fully saturated rings. The zero-order valence-corrected chi connectivity index (χ0v) is 38.2. The molecule has 0 amide bonds. The van der Waals surface area contributed by atoms with Gasteiger partial charge < -0.3 is 28.9 Å². The SMILES string of the molecule is CC1(C)CC(N2CCCC2)=C(C#N)/C(=C(\F)C(=O)OCC(COC(=O)/C(F)=C2\CC(C)(C)CC(N3CCCC3)=C2C#N)COC(=O)/C(F)=C2\CC(C)(C)CC(N3CCCC3)=C2C#N)C1. The second-order valence-corrected chi connectivity index (χ2v) is 20.5. The topological polar surface area (TPSA) is 160 Å². The number of carbonyl (C=O) groups excluding carboxylic acids is 3. The van der Waals surface area contributed by atoms with Crippen molar-refractivity contribution in [1.82, 2.24) is 14.7 Å². The quantitative estimate of drug-likeness (QED) is 0.104. The van der Waals surface area contributed by atoms with Crippen LogP contribution in [0.1, 0.15) is 119 Å². The van der Waals surface area contributed by atoms with Crippen molar-refractivity contribution in [2.75, 3.05) is 59.1 Å². The summed E-state index contributed by atoms with van der Waals surface area (Å²) in [5, 5.41) is 30.6. The maximum absolute atomic E-state index is 16.2. The smallest absolute Gasteiger partial charge is 0.367 e. The Morgan fingerprint density at radius 2 is 0.719 bits per heavy atom. The maximum atomic E-state index is 16.2. The third kappa shape index (κ3) is 10.9. The minimum Gasteiger partial charge on any atom is -0.460 e. The van der Waals surface area contributed by atoms with Gasteiger partial charge in [0.25, 0.3) is 0 Å². The molecular formula is C49H61F3N6O6. The van der Waals surface area contributed by atoms with Gasteiger partial charge in [0.05, 0.1) is 22.6 Å². The van der Waals surface area contributed by atoms with Crippen LogP contribution in [0, 0.1) is 56.2 Å². The van der Waals surface area contributed by atoms with Crippen molar-refractivity contribution in [1.29, 1.82) is 15.8 Å². The third-order valence-corrected chi connectivity index (χ3v) is 13.2. The van der Waals surface area contributed by atoms with Crippen LogP contribution in [0.2, 0.25) is 0 Å². The van der Waals surface area contributed by atoms with Crippen molar-refractivity contribution in [2.24, 2.45) is 22.2 Å². The molecule has 0 saturated carbocycles. The van der Waals surface area contributed by atoms with Gasteiger partial charge in [-0.3, -0.25) is 0 Å². The molecule has 0 radical (unpaired) electrons. The number of carbonyl (C=O) groups is 3. The molecule has 0 aromatic heterocycles. The summed E-state index contributed by atoms with van der Waals surface area (Å²) in [5.74, 6) is -9.28. The molecule has 3 aliphatic carbocycles. The number of halogens is 3. The van der Waals surface area contributed by atoms with Crippen molar-refractivity contribution >= 4 is 17.9 Å². The van der Waals surface area contributed by atoms with E-state index < -0.39 is 77.4 Å². The van der Waals surface area contributed by atoms with Crippen LogP contribution in [0.3, 0.4) is 0 Å². The van der Waals surface area contributed by atoms with Gasteiger partial charge >= 0.3 is 17.9 Å². The molecule has 6 rings (SSSR count). The fraction of sp³-hybridized carbons (Fsp3) is 0.633. The summed E-state index contributed by atoms with van der Waals surface area (Å²) in [6, 6.07) is 6.32. The van der Waals surface area contributed by atoms with E-state index in [4.69, 9.17) is 14.2 Å². The van der Waals surface area contributed by atoms with Gasteiger partial charge in [-0.2, -0.15) is 29.0 Å². The molecule has 3 heterocycles. The molecule has 344 valence electrons. The molecule has 0 aromatic rings. The number of nitriles is 3. The van der Waals surface area contributed by atoms with E-state index in [9.17, 15) is 30.2 Å². The highest BCUT2D eigenvalue weighted by Gasteiger charge is 2.40. The van der Waals surface area contributed by atoms with Crippen molar-refractivity contribution < 1.29 is 41.8 Å². The van der Waals surface area contributed by atoms with Crippen LogP contribution in [0.5, 0.6) is 0 Å². The predicted octanol–water partition coefficient (Wildman–Crippen LogP) is 8.98. The van der Waals surface area contributed by atoms with E-state index in [2.05, 4.69) is 18.2 Å². The van der Waals surface area contributed by atoms with E-state index in [1.54, 1.807) is 0 Å². The van der Waals surface area contributed by atoms with E-state index in [-0.39, 0.29) is 52.7 Å². The molecular weight excluding hydrogens is 826 g/mol. The van der Waals surface area contributed by atoms with Gasteiger partial charge in [-0.1, -0.05) is 41.5 Å². The van der Waals surface area contributed by atoms with E-state index in [1.165, 1.54) is 0 Å². The minimum atomic E-state index is -1.41. The summed E-state index contributed by atoms with van der Waals surface area (Å²) in [5.41, 5.74) is 0.538. The van der Waals surface area contributed by atoms with E-state index >= 15 is 13.2 Å². The molecule has 64 heavy (non-hydrogen) atoms. The van der Waals surface area contributed by atoms with Gasteiger partial charge in [0.1, 0.15) is 38.0 Å². The van der Waals surface area contributed by atoms with Crippen molar-refractivity contribution in [2.45, 2.75) is 119 Å². The lowest BCUT2D eigenvalue weighted by Gasteiger charge is -2.37. The zero-order chi connectivity index (χ0) is 46.6. The largest absolute Gasteiger partial charge is 0.460 e. The normalized spacial score (nSPS) is 24.3. The second kappa shape index (κ2) is 19.7. The highest BCUT2D eigenvalue weighted by atomic mass is 19.1. The first-order valence-electron chi connectivity index (χ1n) is 22.6. The highest BCUT2D eigenvalue weighted by Crippen LogP contribution is 2.47. The standard InChI is InChI=1S/C49H61F3N6O6/c1-47(2)19-32(35(25-53)38(22-47)56-13-7-8-14-56)41(50)44(59)62-28-31(29-63-45(60)42(51)33-20-48(3,4)23-39(36(33)26-54)57-15-9-10-16-57)30-64-46(61)43(52)34-21-49(5,6)24-40(37(34)27-55)58-17-11-12-18-58/h31H,7-24,28-30H2,1-6H3/b41-32-,42-33-,43-34-. The molecule has 6 aliphatic rings. The number of ether oxygens (including phenoxy) is 3. The Hall–Kier alpha value is -5.49. The summed E-state index contributed by atoms with van der Waals surface area (Å²) >= 11 is 0. The average molecular weight is 887 g/mol. The van der Waals surface area contributed by atoms with Gasteiger partial charge in [-0.05, 0) is 93.3 Å². The minimum absolute atomic E-state index is 0.0799. The number of likely N-dealkylation sites (tertiary alicyclic amines) is 3. The molecule has 12 nitrogen and oxygen atoms in total. The molecule has 0 aromatic carbocycles. The van der Waals surface area contributed by atoms with Crippen LogP contribution in [-0.2, 0) is 28.6 Å². The van der Waals surface area contributed by atoms with Gasteiger partial charge in [-0.15, -0.1) is 0 Å². The number of nitrogens with zero attached hydrogens (tertiary/aromatic N) is 6. The van der Waals surface area contributed by atoms with Gasteiger partial charge in [0.2, 0.25) is 17.5 Å². The summed E-state index contributed by atoms with van der Waals surface area (Å²) in [6.07, 6.45) is 7.34. The Balaban J connectivity index is 1.26. The highest BCUT2D eigenvalue weighted by molar-refractivity contribution is 5.90. The summed E-state index contributed by atoms with van der Waals surface area (Å²) in [7, 11) is 0. The lowest BCUT2D eigenvalue weighted by molar-refractivity contribution is -0.150. The van der Waals surface area contributed by atoms with E-state index in [0.29, 0.717) is 75.6 Å². The predicted molar refractivity (Wildman–Crippen MR) is 230 cm³/mol. The maximum Gasteiger partial charge on any atom is 0.367 e. The molecule has 3 aliphatic heterocycles. The third-order valence-electron chi connectivity index (χ3n) is 13.2. The van der Waals surface area contributed by atoms with Gasteiger partial charge in [-0.25, -0.2) is 14.4 Å². The van der Waals surface area contributed by atoms with Crippen LogP contribution in [0.4, 0.5) is 13.2 Å². The lowest BCUT2D eigenvalue weighted by atomic mass is 9.73. The monoisotopic (exact) mass is 886 g/mol. The summed E-state index contributed by atoms with van der Waals surface area (Å²) in [6.45, 7) is 13.6. The van der Waals surface area contributed by atoms with Crippen LogP contribution in [0.15, 0.2) is 68.0 Å². The molecule has 0 atom stereocenters. The molecule has 15 heteroatoms.